The molecule has 4 rings (SSSR count). The quantitative estimate of drug-likeness (QED) is 0.601. The Morgan fingerprint density at radius 1 is 1.21 bits per heavy atom. The van der Waals surface area contributed by atoms with Gasteiger partial charge in [0.2, 0.25) is 0 Å². The topological polar surface area (TPSA) is 78.9 Å². The number of fused-ring (bicyclic) bond motifs is 1. The second kappa shape index (κ2) is 7.77. The zero-order valence-electron chi connectivity index (χ0n) is 15.4. The Hall–Kier alpha value is -3.03. The standard InChI is InChI=1S/C21H17ClN2O4S/c1-12-2-7-16-15(10-12)20(25)24(11-28-16)14-5-3-13(4-6-14)23-19(21(26)27)17-8-9-18(22)29-17/h2-10,19,23H,11H2,1H3,(H,26,27). The number of anilines is 2. The first-order chi connectivity index (χ1) is 13.9. The Morgan fingerprint density at radius 3 is 2.62 bits per heavy atom. The molecule has 8 heteroatoms. The zero-order chi connectivity index (χ0) is 20.5. The smallest absolute Gasteiger partial charge is 0.331 e. The molecule has 1 atom stereocenters. The molecule has 1 amide bonds. The maximum absolute atomic E-state index is 12.9. The van der Waals surface area contributed by atoms with Crippen LogP contribution in [0.2, 0.25) is 4.34 Å². The fourth-order valence-electron chi connectivity index (χ4n) is 3.11. The molecule has 1 aliphatic heterocycles. The first-order valence-electron chi connectivity index (χ1n) is 8.82. The van der Waals surface area contributed by atoms with Gasteiger partial charge in [-0.25, -0.2) is 4.79 Å². The lowest BCUT2D eigenvalue weighted by Gasteiger charge is -2.29. The maximum atomic E-state index is 12.9. The minimum Gasteiger partial charge on any atom is -0.479 e. The normalized spacial score (nSPS) is 14.1. The molecular weight excluding hydrogens is 412 g/mol. The van der Waals surface area contributed by atoms with E-state index in [2.05, 4.69) is 5.32 Å². The van der Waals surface area contributed by atoms with Gasteiger partial charge < -0.3 is 15.2 Å². The number of benzene rings is 2. The average molecular weight is 429 g/mol. The van der Waals surface area contributed by atoms with Gasteiger partial charge in [-0.05, 0) is 55.5 Å². The zero-order valence-corrected chi connectivity index (χ0v) is 17.0. The number of amides is 1. The molecule has 0 saturated carbocycles. The Kier molecular flexibility index (Phi) is 5.17. The van der Waals surface area contributed by atoms with Crippen molar-refractivity contribution >= 4 is 46.2 Å². The first kappa shape index (κ1) is 19.3. The molecule has 2 N–H and O–H groups in total. The third-order valence-corrected chi connectivity index (χ3v) is 5.87. The van der Waals surface area contributed by atoms with Crippen molar-refractivity contribution in [3.8, 4) is 5.75 Å². The van der Waals surface area contributed by atoms with Gasteiger partial charge in [0.25, 0.3) is 5.91 Å². The summed E-state index contributed by atoms with van der Waals surface area (Å²) in [7, 11) is 0. The van der Waals surface area contributed by atoms with Crippen molar-refractivity contribution in [3.63, 3.8) is 0 Å². The molecule has 1 aromatic heterocycles. The van der Waals surface area contributed by atoms with Crippen LogP contribution in [0.5, 0.6) is 5.75 Å². The first-order valence-corrected chi connectivity index (χ1v) is 10.0. The van der Waals surface area contributed by atoms with Gasteiger partial charge in [0, 0.05) is 16.3 Å². The maximum Gasteiger partial charge on any atom is 0.331 e. The molecule has 0 fully saturated rings. The van der Waals surface area contributed by atoms with Crippen LogP contribution in [0.25, 0.3) is 0 Å². The van der Waals surface area contributed by atoms with E-state index < -0.39 is 12.0 Å². The van der Waals surface area contributed by atoms with Gasteiger partial charge in [0.1, 0.15) is 5.75 Å². The van der Waals surface area contributed by atoms with Crippen molar-refractivity contribution < 1.29 is 19.4 Å². The number of carboxylic acids is 1. The van der Waals surface area contributed by atoms with Crippen molar-refractivity contribution in [2.45, 2.75) is 13.0 Å². The number of carbonyl (C=O) groups excluding carboxylic acids is 1. The predicted molar refractivity (Wildman–Crippen MR) is 113 cm³/mol. The van der Waals surface area contributed by atoms with Crippen LogP contribution in [0.4, 0.5) is 11.4 Å². The lowest BCUT2D eigenvalue weighted by Crippen LogP contribution is -2.38. The van der Waals surface area contributed by atoms with Crippen molar-refractivity contribution in [3.05, 3.63) is 74.9 Å². The highest BCUT2D eigenvalue weighted by atomic mass is 35.5. The Morgan fingerprint density at radius 2 is 1.97 bits per heavy atom. The highest BCUT2D eigenvalue weighted by molar-refractivity contribution is 7.16. The van der Waals surface area contributed by atoms with E-state index >= 15 is 0 Å². The molecule has 0 saturated heterocycles. The monoisotopic (exact) mass is 428 g/mol. The lowest BCUT2D eigenvalue weighted by molar-refractivity contribution is -0.138. The summed E-state index contributed by atoms with van der Waals surface area (Å²) in [5.41, 5.74) is 2.79. The molecule has 3 aromatic rings. The molecule has 6 nitrogen and oxygen atoms in total. The molecule has 2 aromatic carbocycles. The van der Waals surface area contributed by atoms with E-state index in [-0.39, 0.29) is 12.6 Å². The molecule has 2 heterocycles. The van der Waals surface area contributed by atoms with Gasteiger partial charge in [0.05, 0.1) is 9.90 Å². The van der Waals surface area contributed by atoms with Gasteiger partial charge in [-0.3, -0.25) is 9.69 Å². The number of carboxylic acid groups (broad SMARTS) is 1. The second-order valence-electron chi connectivity index (χ2n) is 6.61. The van der Waals surface area contributed by atoms with Crippen molar-refractivity contribution in [1.29, 1.82) is 0 Å². The molecule has 0 bridgehead atoms. The van der Waals surface area contributed by atoms with E-state index in [1.54, 1.807) is 47.4 Å². The van der Waals surface area contributed by atoms with Gasteiger partial charge in [-0.1, -0.05) is 23.2 Å². The fourth-order valence-corrected chi connectivity index (χ4v) is 4.21. The SMILES string of the molecule is Cc1ccc2c(c1)C(=O)N(c1ccc(NC(C(=O)O)c3ccc(Cl)s3)cc1)CO2. The van der Waals surface area contributed by atoms with Crippen LogP contribution in [-0.2, 0) is 4.79 Å². The number of hydrogen-bond acceptors (Lipinski definition) is 5. The van der Waals surface area contributed by atoms with Crippen LogP contribution < -0.4 is 15.0 Å². The van der Waals surface area contributed by atoms with Crippen LogP contribution in [0.3, 0.4) is 0 Å². The van der Waals surface area contributed by atoms with E-state index in [0.717, 1.165) is 5.56 Å². The number of aryl methyl sites for hydroxylation is 1. The van der Waals surface area contributed by atoms with Gasteiger partial charge in [0.15, 0.2) is 12.8 Å². The molecule has 1 aliphatic rings. The van der Waals surface area contributed by atoms with E-state index in [4.69, 9.17) is 16.3 Å². The summed E-state index contributed by atoms with van der Waals surface area (Å²) in [5, 5.41) is 12.5. The number of hydrogen-bond donors (Lipinski definition) is 2. The van der Waals surface area contributed by atoms with Crippen LogP contribution in [0.15, 0.2) is 54.6 Å². The highest BCUT2D eigenvalue weighted by Crippen LogP contribution is 2.32. The number of halogens is 1. The molecule has 0 spiro atoms. The number of carbonyl (C=O) groups is 2. The number of rotatable bonds is 5. The van der Waals surface area contributed by atoms with E-state index in [1.807, 2.05) is 19.1 Å². The number of ether oxygens (including phenoxy) is 1. The summed E-state index contributed by atoms with van der Waals surface area (Å²) in [5.74, 6) is -0.555. The average Bonchev–Trinajstić information content (AvgIpc) is 3.13. The minimum absolute atomic E-state index is 0.118. The third-order valence-electron chi connectivity index (χ3n) is 4.58. The van der Waals surface area contributed by atoms with E-state index in [1.165, 1.54) is 11.3 Å². The van der Waals surface area contributed by atoms with Crippen molar-refractivity contribution in [2.24, 2.45) is 0 Å². The molecule has 0 aliphatic carbocycles. The fraction of sp³-hybridized carbons (Fsp3) is 0.143. The number of nitrogens with zero attached hydrogens (tertiary/aromatic N) is 1. The van der Waals surface area contributed by atoms with Crippen molar-refractivity contribution in [1.82, 2.24) is 0 Å². The molecule has 148 valence electrons. The van der Waals surface area contributed by atoms with Crippen LogP contribution in [0, 0.1) is 6.92 Å². The molecular formula is C21H17ClN2O4S. The number of nitrogens with one attached hydrogen (secondary N) is 1. The van der Waals surface area contributed by atoms with Crippen LogP contribution >= 0.6 is 22.9 Å². The van der Waals surface area contributed by atoms with Gasteiger partial charge in [-0.2, -0.15) is 0 Å². The van der Waals surface area contributed by atoms with Crippen molar-refractivity contribution in [2.75, 3.05) is 16.9 Å². The summed E-state index contributed by atoms with van der Waals surface area (Å²) in [6.07, 6.45) is 0. The highest BCUT2D eigenvalue weighted by Gasteiger charge is 2.27. The third kappa shape index (κ3) is 3.92. The lowest BCUT2D eigenvalue weighted by atomic mass is 10.1. The summed E-state index contributed by atoms with van der Waals surface area (Å²) in [6.45, 7) is 2.04. The Bertz CT molecular complexity index is 1080. The summed E-state index contributed by atoms with van der Waals surface area (Å²) in [6, 6.07) is 14.9. The van der Waals surface area contributed by atoms with Crippen LogP contribution in [0.1, 0.15) is 26.8 Å². The number of thiophene rings is 1. The Labute approximate surface area is 176 Å². The van der Waals surface area contributed by atoms with Gasteiger partial charge in [-0.15, -0.1) is 11.3 Å². The Balaban J connectivity index is 1.53. The molecule has 0 radical (unpaired) electrons. The molecule has 29 heavy (non-hydrogen) atoms. The second-order valence-corrected chi connectivity index (χ2v) is 8.36. The van der Waals surface area contributed by atoms with E-state index in [0.29, 0.717) is 31.9 Å². The van der Waals surface area contributed by atoms with Gasteiger partial charge >= 0.3 is 5.97 Å². The summed E-state index contributed by atoms with van der Waals surface area (Å²) in [4.78, 5) is 26.6. The number of aliphatic carboxylic acids is 1. The summed E-state index contributed by atoms with van der Waals surface area (Å²) < 4.78 is 6.23. The van der Waals surface area contributed by atoms with Crippen LogP contribution in [-0.4, -0.2) is 23.7 Å². The minimum atomic E-state index is -1.00. The summed E-state index contributed by atoms with van der Waals surface area (Å²) >= 11 is 7.14. The molecule has 1 unspecified atom stereocenters. The van der Waals surface area contributed by atoms with E-state index in [9.17, 15) is 14.7 Å². The predicted octanol–water partition coefficient (Wildman–Crippen LogP) is 4.94. The largest absolute Gasteiger partial charge is 0.479 e.